The van der Waals surface area contributed by atoms with Gasteiger partial charge in [-0.3, -0.25) is 9.69 Å². The first kappa shape index (κ1) is 17.1. The van der Waals surface area contributed by atoms with Gasteiger partial charge in [-0.05, 0) is 23.8 Å². The van der Waals surface area contributed by atoms with Gasteiger partial charge >= 0.3 is 0 Å². The van der Waals surface area contributed by atoms with E-state index in [2.05, 4.69) is 10.8 Å². The van der Waals surface area contributed by atoms with Crippen molar-refractivity contribution in [2.24, 2.45) is 0 Å². The normalized spacial score (nSPS) is 17.1. The molecule has 1 atom stereocenters. The number of hydrogen-bond acceptors (Lipinski definition) is 3. The van der Waals surface area contributed by atoms with Gasteiger partial charge in [-0.15, -0.1) is 6.42 Å². The molecule has 1 aromatic carbocycles. The lowest BCUT2D eigenvalue weighted by molar-refractivity contribution is -0.135. The van der Waals surface area contributed by atoms with Crippen LogP contribution in [0, 0.1) is 12.3 Å². The molecule has 118 valence electrons. The summed E-state index contributed by atoms with van der Waals surface area (Å²) in [6.07, 6.45) is 4.39. The predicted molar refractivity (Wildman–Crippen MR) is 87.9 cm³/mol. The Kier molecular flexibility index (Phi) is 6.10. The van der Waals surface area contributed by atoms with Crippen LogP contribution in [0.4, 0.5) is 0 Å². The molecule has 1 N–H and O–H groups in total. The summed E-state index contributed by atoms with van der Waals surface area (Å²) < 4.78 is 0. The molecule has 22 heavy (non-hydrogen) atoms. The number of halogens is 2. The molecule has 1 unspecified atom stereocenters. The van der Waals surface area contributed by atoms with Crippen molar-refractivity contribution in [3.05, 3.63) is 33.8 Å². The fraction of sp³-hybridized carbons (Fsp3) is 0.438. The van der Waals surface area contributed by atoms with Gasteiger partial charge < -0.3 is 10.0 Å². The topological polar surface area (TPSA) is 43.8 Å². The Labute approximate surface area is 140 Å². The van der Waals surface area contributed by atoms with Crippen LogP contribution in [0.1, 0.15) is 18.1 Å². The molecule has 0 bridgehead atoms. The molecule has 0 aromatic heterocycles. The standard InChI is InChI=1S/C16H18Cl2N2O2/c1-2-3-19-4-6-20(7-5-19)16(22)11-15(21)12-8-13(17)10-14(18)9-12/h1,8-10,15,21H,3-7,11H2. The molecule has 0 spiro atoms. The lowest BCUT2D eigenvalue weighted by Gasteiger charge is -2.34. The minimum Gasteiger partial charge on any atom is -0.388 e. The third-order valence-electron chi connectivity index (χ3n) is 3.68. The van der Waals surface area contributed by atoms with E-state index in [0.29, 0.717) is 35.2 Å². The Hall–Kier alpha value is -1.25. The molecule has 0 aliphatic carbocycles. The van der Waals surface area contributed by atoms with Crippen LogP contribution in [0.5, 0.6) is 0 Å². The third kappa shape index (κ3) is 4.62. The fourth-order valence-corrected chi connectivity index (χ4v) is 3.01. The second-order valence-electron chi connectivity index (χ2n) is 5.28. The van der Waals surface area contributed by atoms with Crippen molar-refractivity contribution in [1.82, 2.24) is 9.80 Å². The summed E-state index contributed by atoms with van der Waals surface area (Å²) in [5.41, 5.74) is 0.553. The highest BCUT2D eigenvalue weighted by Gasteiger charge is 2.23. The van der Waals surface area contributed by atoms with Gasteiger partial charge in [-0.2, -0.15) is 0 Å². The average Bonchev–Trinajstić information content (AvgIpc) is 2.47. The van der Waals surface area contributed by atoms with Crippen molar-refractivity contribution in [3.8, 4) is 12.3 Å². The molecule has 1 aliphatic heterocycles. The van der Waals surface area contributed by atoms with Gasteiger partial charge in [-0.1, -0.05) is 29.1 Å². The molecule has 1 aliphatic rings. The summed E-state index contributed by atoms with van der Waals surface area (Å²) in [6.45, 7) is 3.38. The Bertz CT molecular complexity index is 558. The van der Waals surface area contributed by atoms with E-state index in [1.807, 2.05) is 0 Å². The first-order valence-corrected chi connectivity index (χ1v) is 7.83. The van der Waals surface area contributed by atoms with E-state index < -0.39 is 6.10 Å². The van der Waals surface area contributed by atoms with Crippen LogP contribution >= 0.6 is 23.2 Å². The van der Waals surface area contributed by atoms with E-state index in [1.165, 1.54) is 0 Å². The molecule has 0 saturated carbocycles. The van der Waals surface area contributed by atoms with Crippen molar-refractivity contribution in [1.29, 1.82) is 0 Å². The predicted octanol–water partition coefficient (Wildman–Crippen LogP) is 2.19. The van der Waals surface area contributed by atoms with Crippen LogP contribution < -0.4 is 0 Å². The monoisotopic (exact) mass is 340 g/mol. The van der Waals surface area contributed by atoms with Gasteiger partial charge in [0.1, 0.15) is 0 Å². The summed E-state index contributed by atoms with van der Waals surface area (Å²) >= 11 is 11.8. The zero-order valence-corrected chi connectivity index (χ0v) is 13.6. The molecule has 1 heterocycles. The fourth-order valence-electron chi connectivity index (χ4n) is 2.46. The second-order valence-corrected chi connectivity index (χ2v) is 6.16. The van der Waals surface area contributed by atoms with Crippen LogP contribution in [-0.4, -0.2) is 53.5 Å². The van der Waals surface area contributed by atoms with Gasteiger partial charge in [0.15, 0.2) is 0 Å². The number of benzene rings is 1. The first-order chi connectivity index (χ1) is 10.5. The maximum absolute atomic E-state index is 12.3. The van der Waals surface area contributed by atoms with Crippen LogP contribution in [0.15, 0.2) is 18.2 Å². The van der Waals surface area contributed by atoms with Gasteiger partial charge in [0.25, 0.3) is 0 Å². The highest BCUT2D eigenvalue weighted by atomic mass is 35.5. The zero-order valence-electron chi connectivity index (χ0n) is 12.1. The Morgan fingerprint density at radius 3 is 2.36 bits per heavy atom. The molecule has 1 fully saturated rings. The van der Waals surface area contributed by atoms with E-state index in [-0.39, 0.29) is 12.3 Å². The number of carbonyl (C=O) groups excluding carboxylic acids is 1. The number of carbonyl (C=O) groups is 1. The van der Waals surface area contributed by atoms with Gasteiger partial charge in [0, 0.05) is 36.2 Å². The molecule has 6 heteroatoms. The Morgan fingerprint density at radius 2 is 1.82 bits per heavy atom. The third-order valence-corrected chi connectivity index (χ3v) is 4.11. The zero-order chi connectivity index (χ0) is 16.1. The van der Waals surface area contributed by atoms with Crippen LogP contribution in [0.25, 0.3) is 0 Å². The van der Waals surface area contributed by atoms with Crippen molar-refractivity contribution >= 4 is 29.1 Å². The summed E-state index contributed by atoms with van der Waals surface area (Å²) in [6, 6.07) is 4.83. The van der Waals surface area contributed by atoms with E-state index >= 15 is 0 Å². The number of terminal acetylenes is 1. The maximum Gasteiger partial charge on any atom is 0.225 e. The summed E-state index contributed by atoms with van der Waals surface area (Å²) in [7, 11) is 0. The quantitative estimate of drug-likeness (QED) is 0.854. The lowest BCUT2D eigenvalue weighted by Crippen LogP contribution is -2.48. The SMILES string of the molecule is C#CCN1CCN(C(=O)CC(O)c2cc(Cl)cc(Cl)c2)CC1. The van der Waals surface area contributed by atoms with Gasteiger partial charge in [0.2, 0.25) is 5.91 Å². The van der Waals surface area contributed by atoms with Crippen molar-refractivity contribution in [2.75, 3.05) is 32.7 Å². The minimum absolute atomic E-state index is 0.0197. The second kappa shape index (κ2) is 7.85. The van der Waals surface area contributed by atoms with E-state index in [0.717, 1.165) is 13.1 Å². The number of hydrogen-bond donors (Lipinski definition) is 1. The molecule has 1 aromatic rings. The summed E-state index contributed by atoms with van der Waals surface area (Å²) in [5.74, 6) is 2.52. The number of amides is 1. The molecule has 4 nitrogen and oxygen atoms in total. The Morgan fingerprint density at radius 1 is 1.23 bits per heavy atom. The number of piperazine rings is 1. The molecular formula is C16H18Cl2N2O2. The van der Waals surface area contributed by atoms with Gasteiger partial charge in [-0.25, -0.2) is 0 Å². The molecule has 1 amide bonds. The highest BCUT2D eigenvalue weighted by Crippen LogP contribution is 2.25. The van der Waals surface area contributed by atoms with Crippen LogP contribution in [-0.2, 0) is 4.79 Å². The molecule has 0 radical (unpaired) electrons. The highest BCUT2D eigenvalue weighted by molar-refractivity contribution is 6.34. The number of aliphatic hydroxyl groups excluding tert-OH is 1. The van der Waals surface area contributed by atoms with Crippen LogP contribution in [0.3, 0.4) is 0 Å². The lowest BCUT2D eigenvalue weighted by atomic mass is 10.1. The minimum atomic E-state index is -0.910. The largest absolute Gasteiger partial charge is 0.388 e. The maximum atomic E-state index is 12.3. The summed E-state index contributed by atoms with van der Waals surface area (Å²) in [4.78, 5) is 16.1. The average molecular weight is 341 g/mol. The van der Waals surface area contributed by atoms with Crippen molar-refractivity contribution < 1.29 is 9.90 Å². The van der Waals surface area contributed by atoms with Crippen LogP contribution in [0.2, 0.25) is 10.0 Å². The van der Waals surface area contributed by atoms with E-state index in [4.69, 9.17) is 29.6 Å². The smallest absolute Gasteiger partial charge is 0.225 e. The van der Waals surface area contributed by atoms with E-state index in [9.17, 15) is 9.90 Å². The number of nitrogens with zero attached hydrogens (tertiary/aromatic N) is 2. The van der Waals surface area contributed by atoms with Gasteiger partial charge in [0.05, 0.1) is 19.1 Å². The molecule has 1 saturated heterocycles. The first-order valence-electron chi connectivity index (χ1n) is 7.07. The number of rotatable bonds is 4. The Balaban J connectivity index is 1.90. The van der Waals surface area contributed by atoms with Crippen molar-refractivity contribution in [3.63, 3.8) is 0 Å². The van der Waals surface area contributed by atoms with Crippen molar-refractivity contribution in [2.45, 2.75) is 12.5 Å². The molecular weight excluding hydrogens is 323 g/mol. The summed E-state index contributed by atoms with van der Waals surface area (Å²) in [5, 5.41) is 11.1. The number of aliphatic hydroxyl groups is 1. The molecule has 2 rings (SSSR count). The van der Waals surface area contributed by atoms with E-state index in [1.54, 1.807) is 23.1 Å².